The molecule has 2 rings (SSSR count). The van der Waals surface area contributed by atoms with Gasteiger partial charge in [-0.05, 0) is 48.2 Å². The molecule has 0 saturated heterocycles. The molecular weight excluding hydrogens is 369 g/mol. The van der Waals surface area contributed by atoms with Crippen molar-refractivity contribution >= 4 is 26.0 Å². The molecule has 0 radical (unpaired) electrons. The van der Waals surface area contributed by atoms with Crippen LogP contribution >= 0.6 is 15.9 Å². The molecule has 1 N–H and O–H groups in total. The van der Waals surface area contributed by atoms with Gasteiger partial charge < -0.3 is 0 Å². The third-order valence-electron chi connectivity index (χ3n) is 3.15. The predicted molar refractivity (Wildman–Crippen MR) is 89.5 cm³/mol. The van der Waals surface area contributed by atoms with Crippen LogP contribution < -0.4 is 4.72 Å². The molecule has 118 valence electrons. The zero-order chi connectivity index (χ0) is 16.0. The summed E-state index contributed by atoms with van der Waals surface area (Å²) in [6, 6.07) is 13.4. The van der Waals surface area contributed by atoms with Gasteiger partial charge in [-0.2, -0.15) is 0 Å². The Balaban J connectivity index is 1.77. The lowest BCUT2D eigenvalue weighted by atomic mass is 10.1. The van der Waals surface area contributed by atoms with Gasteiger partial charge in [-0.15, -0.1) is 0 Å². The molecule has 0 unspecified atom stereocenters. The Hall–Kier alpha value is -1.24. The maximum absolute atomic E-state index is 12.8. The first-order valence-corrected chi connectivity index (χ1v) is 9.35. The Morgan fingerprint density at radius 1 is 0.955 bits per heavy atom. The fraction of sp³-hybridized carbons (Fsp3) is 0.250. The van der Waals surface area contributed by atoms with E-state index in [9.17, 15) is 12.8 Å². The van der Waals surface area contributed by atoms with Crippen molar-refractivity contribution in [2.24, 2.45) is 0 Å². The van der Waals surface area contributed by atoms with Crippen LogP contribution in [0.5, 0.6) is 0 Å². The highest BCUT2D eigenvalue weighted by molar-refractivity contribution is 9.10. The summed E-state index contributed by atoms with van der Waals surface area (Å²) in [5.74, 6) is -0.296. The van der Waals surface area contributed by atoms with Gasteiger partial charge in [0.05, 0.1) is 5.75 Å². The number of sulfonamides is 1. The lowest BCUT2D eigenvalue weighted by molar-refractivity contribution is 0.578. The topological polar surface area (TPSA) is 46.2 Å². The van der Waals surface area contributed by atoms with E-state index >= 15 is 0 Å². The first-order chi connectivity index (χ1) is 10.4. The first kappa shape index (κ1) is 17.1. The van der Waals surface area contributed by atoms with Crippen molar-refractivity contribution in [3.8, 4) is 0 Å². The number of aryl methyl sites for hydroxylation is 1. The molecule has 0 bridgehead atoms. The van der Waals surface area contributed by atoms with Gasteiger partial charge in [0, 0.05) is 11.0 Å². The monoisotopic (exact) mass is 385 g/mol. The van der Waals surface area contributed by atoms with E-state index in [1.165, 1.54) is 12.1 Å². The minimum atomic E-state index is -3.33. The molecule has 0 aromatic heterocycles. The van der Waals surface area contributed by atoms with E-state index in [1.54, 1.807) is 24.3 Å². The van der Waals surface area contributed by atoms with Crippen molar-refractivity contribution < 1.29 is 12.8 Å². The van der Waals surface area contributed by atoms with Crippen LogP contribution in [0.25, 0.3) is 0 Å². The van der Waals surface area contributed by atoms with Gasteiger partial charge in [0.15, 0.2) is 0 Å². The lowest BCUT2D eigenvalue weighted by Gasteiger charge is -2.07. The second kappa shape index (κ2) is 7.85. The molecule has 0 fully saturated rings. The predicted octanol–water partition coefficient (Wildman–Crippen LogP) is 3.64. The zero-order valence-corrected chi connectivity index (χ0v) is 14.3. The number of benzene rings is 2. The van der Waals surface area contributed by atoms with Gasteiger partial charge in [-0.3, -0.25) is 0 Å². The number of halogens is 2. The third-order valence-corrected chi connectivity index (χ3v) is 5.03. The molecule has 0 spiro atoms. The van der Waals surface area contributed by atoms with Crippen LogP contribution in [0, 0.1) is 5.82 Å². The fourth-order valence-corrected chi connectivity index (χ4v) is 3.48. The van der Waals surface area contributed by atoms with Crippen molar-refractivity contribution in [3.05, 3.63) is 69.9 Å². The maximum Gasteiger partial charge on any atom is 0.215 e. The molecular formula is C16H17BrFNO2S. The summed E-state index contributed by atoms with van der Waals surface area (Å²) in [5.41, 5.74) is 1.74. The van der Waals surface area contributed by atoms with E-state index in [2.05, 4.69) is 20.7 Å². The summed E-state index contributed by atoms with van der Waals surface area (Å²) in [4.78, 5) is 0. The molecule has 0 saturated carbocycles. The van der Waals surface area contributed by atoms with Crippen LogP contribution in [0.3, 0.4) is 0 Å². The Bertz CT molecular complexity index is 700. The van der Waals surface area contributed by atoms with Crippen molar-refractivity contribution in [2.45, 2.75) is 18.6 Å². The van der Waals surface area contributed by atoms with E-state index in [0.717, 1.165) is 15.6 Å². The highest BCUT2D eigenvalue weighted by Gasteiger charge is 2.10. The number of nitrogens with one attached hydrogen (secondary N) is 1. The smallest absolute Gasteiger partial charge is 0.215 e. The molecule has 22 heavy (non-hydrogen) atoms. The minimum absolute atomic E-state index is 0.0309. The molecule has 0 amide bonds. The quantitative estimate of drug-likeness (QED) is 0.739. The minimum Gasteiger partial charge on any atom is -0.215 e. The number of hydrogen-bond donors (Lipinski definition) is 1. The van der Waals surface area contributed by atoms with Crippen LogP contribution in [0.1, 0.15) is 17.5 Å². The van der Waals surface area contributed by atoms with Crippen LogP contribution in [0.15, 0.2) is 53.0 Å². The van der Waals surface area contributed by atoms with Crippen molar-refractivity contribution in [1.82, 2.24) is 4.72 Å². The third kappa shape index (κ3) is 5.87. The average molecular weight is 386 g/mol. The summed E-state index contributed by atoms with van der Waals surface area (Å²) >= 11 is 3.31. The lowest BCUT2D eigenvalue weighted by Crippen LogP contribution is -2.26. The largest absolute Gasteiger partial charge is 0.215 e. The molecule has 6 heteroatoms. The highest BCUT2D eigenvalue weighted by atomic mass is 79.9. The molecule has 0 aliphatic rings. The van der Waals surface area contributed by atoms with Gasteiger partial charge >= 0.3 is 0 Å². The van der Waals surface area contributed by atoms with Gasteiger partial charge in [0.2, 0.25) is 10.0 Å². The van der Waals surface area contributed by atoms with Crippen molar-refractivity contribution in [3.63, 3.8) is 0 Å². The Kier molecular flexibility index (Phi) is 6.11. The van der Waals surface area contributed by atoms with Crippen LogP contribution in [-0.2, 0) is 22.2 Å². The van der Waals surface area contributed by atoms with Gasteiger partial charge in [0.25, 0.3) is 0 Å². The zero-order valence-electron chi connectivity index (χ0n) is 11.9. The highest BCUT2D eigenvalue weighted by Crippen LogP contribution is 2.12. The Labute approximate surface area is 138 Å². The number of hydrogen-bond acceptors (Lipinski definition) is 2. The van der Waals surface area contributed by atoms with E-state index in [0.29, 0.717) is 19.4 Å². The van der Waals surface area contributed by atoms with Crippen molar-refractivity contribution in [1.29, 1.82) is 0 Å². The summed E-state index contributed by atoms with van der Waals surface area (Å²) < 4.78 is 40.2. The van der Waals surface area contributed by atoms with Crippen LogP contribution in [0.2, 0.25) is 0 Å². The van der Waals surface area contributed by atoms with Gasteiger partial charge in [-0.1, -0.05) is 40.2 Å². The first-order valence-electron chi connectivity index (χ1n) is 6.91. The fourth-order valence-electron chi connectivity index (χ4n) is 2.02. The van der Waals surface area contributed by atoms with Crippen LogP contribution in [-0.4, -0.2) is 15.0 Å². The van der Waals surface area contributed by atoms with E-state index < -0.39 is 10.0 Å². The summed E-state index contributed by atoms with van der Waals surface area (Å²) in [6.45, 7) is 0.371. The maximum atomic E-state index is 12.8. The summed E-state index contributed by atoms with van der Waals surface area (Å²) in [6.07, 6.45) is 1.38. The molecule has 0 heterocycles. The van der Waals surface area contributed by atoms with E-state index in [1.807, 2.05) is 12.1 Å². The van der Waals surface area contributed by atoms with Gasteiger partial charge in [0.1, 0.15) is 5.82 Å². The Morgan fingerprint density at radius 2 is 1.55 bits per heavy atom. The SMILES string of the molecule is O=S(=O)(Cc1ccc(Br)cc1)NCCCc1ccc(F)cc1. The summed E-state index contributed by atoms with van der Waals surface area (Å²) in [7, 11) is -3.33. The molecule has 0 aliphatic heterocycles. The Morgan fingerprint density at radius 3 is 2.18 bits per heavy atom. The second-order valence-corrected chi connectivity index (χ2v) is 7.73. The second-order valence-electron chi connectivity index (χ2n) is 5.01. The summed E-state index contributed by atoms with van der Waals surface area (Å²) in [5, 5.41) is 0. The normalized spacial score (nSPS) is 11.5. The van der Waals surface area contributed by atoms with Crippen LogP contribution in [0.4, 0.5) is 4.39 Å². The molecule has 0 aliphatic carbocycles. The standard InChI is InChI=1S/C16H17BrFNO2S/c17-15-7-3-14(4-8-15)12-22(20,21)19-11-1-2-13-5-9-16(18)10-6-13/h3-10,19H,1-2,11-12H2. The van der Waals surface area contributed by atoms with E-state index in [4.69, 9.17) is 0 Å². The molecule has 2 aromatic rings. The molecule has 0 atom stereocenters. The number of rotatable bonds is 7. The molecule has 2 aromatic carbocycles. The average Bonchev–Trinajstić information content (AvgIpc) is 2.48. The van der Waals surface area contributed by atoms with Gasteiger partial charge in [-0.25, -0.2) is 17.5 Å². The molecule has 3 nitrogen and oxygen atoms in total. The van der Waals surface area contributed by atoms with Crippen molar-refractivity contribution in [2.75, 3.05) is 6.54 Å². The van der Waals surface area contributed by atoms with E-state index in [-0.39, 0.29) is 11.6 Å².